The van der Waals surface area contributed by atoms with Crippen molar-refractivity contribution in [1.29, 1.82) is 0 Å². The molecule has 0 bridgehead atoms. The summed E-state index contributed by atoms with van der Waals surface area (Å²) >= 11 is 0. The Balaban J connectivity index is 1.55. The van der Waals surface area contributed by atoms with Crippen LogP contribution in [-0.2, 0) is 23.0 Å². The van der Waals surface area contributed by atoms with Gasteiger partial charge in [-0.1, -0.05) is 24.3 Å². The summed E-state index contributed by atoms with van der Waals surface area (Å²) in [6.45, 7) is 2.78. The Morgan fingerprint density at radius 3 is 2.46 bits per heavy atom. The predicted molar refractivity (Wildman–Crippen MR) is 100 cm³/mol. The molecule has 26 heavy (non-hydrogen) atoms. The molecule has 0 radical (unpaired) electrons. The van der Waals surface area contributed by atoms with E-state index in [0.29, 0.717) is 18.7 Å². The van der Waals surface area contributed by atoms with Gasteiger partial charge in [0, 0.05) is 38.8 Å². The lowest BCUT2D eigenvalue weighted by atomic mass is 10.0. The molecule has 1 heterocycles. The molecule has 2 N–H and O–H groups in total. The number of nitrogens with one attached hydrogen (secondary N) is 2. The fourth-order valence-electron chi connectivity index (χ4n) is 3.10. The zero-order chi connectivity index (χ0) is 18.6. The van der Waals surface area contributed by atoms with Crippen LogP contribution in [0.15, 0.2) is 53.4 Å². The van der Waals surface area contributed by atoms with Crippen LogP contribution in [-0.4, -0.2) is 45.9 Å². The quantitative estimate of drug-likeness (QED) is 0.802. The zero-order valence-corrected chi connectivity index (χ0v) is 15.6. The molecule has 0 atom stereocenters. The number of fused-ring (bicyclic) bond motifs is 1. The zero-order valence-electron chi connectivity index (χ0n) is 14.7. The molecule has 0 spiro atoms. The Morgan fingerprint density at radius 2 is 1.77 bits per heavy atom. The second-order valence-corrected chi connectivity index (χ2v) is 8.06. The maximum Gasteiger partial charge on any atom is 0.251 e. The van der Waals surface area contributed by atoms with Gasteiger partial charge < -0.3 is 5.32 Å². The molecule has 1 aliphatic rings. The van der Waals surface area contributed by atoms with E-state index in [1.165, 1.54) is 42.4 Å². The molecule has 3 rings (SSSR count). The number of nitrogens with zero attached hydrogens (tertiary/aromatic N) is 1. The van der Waals surface area contributed by atoms with Gasteiger partial charge in [0.15, 0.2) is 0 Å². The van der Waals surface area contributed by atoms with Gasteiger partial charge in [-0.3, -0.25) is 9.69 Å². The lowest BCUT2D eigenvalue weighted by Gasteiger charge is -2.28. The molecular formula is C19H23N3O3S. The summed E-state index contributed by atoms with van der Waals surface area (Å²) in [5, 5.41) is 2.51. The minimum absolute atomic E-state index is 0.161. The van der Waals surface area contributed by atoms with Gasteiger partial charge in [-0.2, -0.15) is 0 Å². The van der Waals surface area contributed by atoms with E-state index in [0.717, 1.165) is 19.5 Å². The first kappa shape index (κ1) is 18.6. The van der Waals surface area contributed by atoms with E-state index in [1.54, 1.807) is 0 Å². The number of benzene rings is 2. The Bertz CT molecular complexity index is 879. The molecule has 2 aromatic rings. The van der Waals surface area contributed by atoms with Crippen molar-refractivity contribution in [2.75, 3.05) is 26.7 Å². The van der Waals surface area contributed by atoms with Crippen LogP contribution in [0.25, 0.3) is 0 Å². The molecule has 0 fully saturated rings. The Kier molecular flexibility index (Phi) is 5.70. The van der Waals surface area contributed by atoms with Crippen LogP contribution in [0.4, 0.5) is 0 Å². The first-order chi connectivity index (χ1) is 12.5. The smallest absolute Gasteiger partial charge is 0.251 e. The minimum Gasteiger partial charge on any atom is -0.355 e. The highest BCUT2D eigenvalue weighted by Gasteiger charge is 2.18. The molecule has 6 nitrogen and oxygen atoms in total. The number of hydrogen-bond acceptors (Lipinski definition) is 4. The third-order valence-electron chi connectivity index (χ3n) is 4.58. The van der Waals surface area contributed by atoms with Crippen molar-refractivity contribution < 1.29 is 13.2 Å². The van der Waals surface area contributed by atoms with Crippen LogP contribution >= 0.6 is 0 Å². The summed E-state index contributed by atoms with van der Waals surface area (Å²) < 4.78 is 27.4. The van der Waals surface area contributed by atoms with E-state index in [4.69, 9.17) is 0 Å². The van der Waals surface area contributed by atoms with Gasteiger partial charge in [0.1, 0.15) is 0 Å². The van der Waals surface area contributed by atoms with Crippen molar-refractivity contribution in [1.82, 2.24) is 14.9 Å². The molecule has 1 amide bonds. The van der Waals surface area contributed by atoms with Crippen molar-refractivity contribution in [3.05, 3.63) is 65.2 Å². The molecule has 0 aromatic heterocycles. The highest BCUT2D eigenvalue weighted by atomic mass is 32.2. The summed E-state index contributed by atoms with van der Waals surface area (Å²) in [6, 6.07) is 14.3. The molecule has 0 saturated carbocycles. The molecule has 2 aromatic carbocycles. The topological polar surface area (TPSA) is 78.5 Å². The van der Waals surface area contributed by atoms with E-state index in [9.17, 15) is 13.2 Å². The highest BCUT2D eigenvalue weighted by molar-refractivity contribution is 7.89. The lowest BCUT2D eigenvalue weighted by molar-refractivity contribution is 0.0963. The van der Waals surface area contributed by atoms with E-state index in [1.807, 2.05) is 6.07 Å². The van der Waals surface area contributed by atoms with Crippen LogP contribution in [0.2, 0.25) is 0 Å². The molecule has 0 aliphatic carbocycles. The molecule has 138 valence electrons. The van der Waals surface area contributed by atoms with Crippen molar-refractivity contribution in [3.63, 3.8) is 0 Å². The fraction of sp³-hybridized carbons (Fsp3) is 0.316. The van der Waals surface area contributed by atoms with Crippen LogP contribution in [0.3, 0.4) is 0 Å². The SMILES string of the molecule is CNC(=O)c1ccc(S(=O)(=O)NCCN2CCc3ccccc3C2)cc1. The Labute approximate surface area is 154 Å². The highest BCUT2D eigenvalue weighted by Crippen LogP contribution is 2.18. The van der Waals surface area contributed by atoms with Gasteiger partial charge in [-0.05, 0) is 41.8 Å². The molecule has 0 saturated heterocycles. The average Bonchev–Trinajstić information content (AvgIpc) is 2.67. The van der Waals surface area contributed by atoms with E-state index < -0.39 is 10.0 Å². The lowest BCUT2D eigenvalue weighted by Crippen LogP contribution is -2.37. The predicted octanol–water partition coefficient (Wildman–Crippen LogP) is 1.38. The Morgan fingerprint density at radius 1 is 1.08 bits per heavy atom. The van der Waals surface area contributed by atoms with Crippen molar-refractivity contribution in [2.45, 2.75) is 17.9 Å². The Hall–Kier alpha value is -2.22. The van der Waals surface area contributed by atoms with Crippen LogP contribution in [0.1, 0.15) is 21.5 Å². The van der Waals surface area contributed by atoms with Crippen LogP contribution in [0.5, 0.6) is 0 Å². The number of rotatable bonds is 6. The maximum atomic E-state index is 12.4. The van der Waals surface area contributed by atoms with E-state index >= 15 is 0 Å². The summed E-state index contributed by atoms with van der Waals surface area (Å²) in [7, 11) is -2.04. The number of carbonyl (C=O) groups is 1. The second kappa shape index (κ2) is 7.99. The third-order valence-corrected chi connectivity index (χ3v) is 6.06. The van der Waals surface area contributed by atoms with Crippen molar-refractivity contribution in [2.24, 2.45) is 0 Å². The molecular weight excluding hydrogens is 350 g/mol. The van der Waals surface area contributed by atoms with Gasteiger partial charge >= 0.3 is 0 Å². The average molecular weight is 373 g/mol. The summed E-state index contributed by atoms with van der Waals surface area (Å²) in [4.78, 5) is 13.9. The summed E-state index contributed by atoms with van der Waals surface area (Å²) in [5.74, 6) is -0.243. The van der Waals surface area contributed by atoms with E-state index in [2.05, 4.69) is 33.1 Å². The van der Waals surface area contributed by atoms with Gasteiger partial charge in [0.05, 0.1) is 4.90 Å². The molecule has 7 heteroatoms. The van der Waals surface area contributed by atoms with Gasteiger partial charge in [0.25, 0.3) is 5.91 Å². The monoisotopic (exact) mass is 373 g/mol. The first-order valence-corrected chi connectivity index (χ1v) is 10.1. The van der Waals surface area contributed by atoms with Gasteiger partial charge in [-0.15, -0.1) is 0 Å². The number of carbonyl (C=O) groups excluding carboxylic acids is 1. The van der Waals surface area contributed by atoms with Crippen LogP contribution in [0, 0.1) is 0 Å². The third kappa shape index (κ3) is 4.30. The standard InChI is InChI=1S/C19H23N3O3S/c1-20-19(23)16-6-8-18(9-7-16)26(24,25)21-11-13-22-12-10-15-4-2-3-5-17(15)14-22/h2-9,21H,10-14H2,1H3,(H,20,23). The first-order valence-electron chi connectivity index (χ1n) is 8.60. The number of hydrogen-bond donors (Lipinski definition) is 2. The summed E-state index contributed by atoms with van der Waals surface area (Å²) in [5.41, 5.74) is 3.12. The van der Waals surface area contributed by atoms with Gasteiger partial charge in [0.2, 0.25) is 10.0 Å². The molecule has 1 aliphatic heterocycles. The number of amides is 1. The summed E-state index contributed by atoms with van der Waals surface area (Å²) in [6.07, 6.45) is 0.990. The minimum atomic E-state index is -3.58. The van der Waals surface area contributed by atoms with Crippen molar-refractivity contribution >= 4 is 15.9 Å². The fourth-order valence-corrected chi connectivity index (χ4v) is 4.12. The largest absolute Gasteiger partial charge is 0.355 e. The normalized spacial score (nSPS) is 14.7. The molecule has 0 unspecified atom stereocenters. The van der Waals surface area contributed by atoms with Crippen molar-refractivity contribution in [3.8, 4) is 0 Å². The van der Waals surface area contributed by atoms with Gasteiger partial charge in [-0.25, -0.2) is 13.1 Å². The second-order valence-electron chi connectivity index (χ2n) is 6.30. The van der Waals surface area contributed by atoms with Crippen LogP contribution < -0.4 is 10.0 Å². The van der Waals surface area contributed by atoms with E-state index in [-0.39, 0.29) is 10.8 Å². The maximum absolute atomic E-state index is 12.4. The number of sulfonamides is 1.